The summed E-state index contributed by atoms with van der Waals surface area (Å²) in [6.07, 6.45) is 0. The number of ether oxygens (including phenoxy) is 1. The second-order valence-corrected chi connectivity index (χ2v) is 3.66. The molecule has 0 aliphatic rings. The first-order chi connectivity index (χ1) is 8.38. The van der Waals surface area contributed by atoms with Gasteiger partial charge < -0.3 is 10.1 Å². The zero-order valence-corrected chi connectivity index (χ0v) is 10.7. The summed E-state index contributed by atoms with van der Waals surface area (Å²) < 4.78 is 6.20. The van der Waals surface area contributed by atoms with Gasteiger partial charge in [0.15, 0.2) is 0 Å². The SMILES string of the molecule is CCOC(=O)c1c(C)nn(C)c1NC(=O)C(C)=O. The quantitative estimate of drug-likeness (QED) is 0.620. The van der Waals surface area contributed by atoms with Crippen molar-refractivity contribution in [2.45, 2.75) is 20.8 Å². The van der Waals surface area contributed by atoms with Crippen LogP contribution in [0.2, 0.25) is 0 Å². The van der Waals surface area contributed by atoms with Crippen LogP contribution in [0, 0.1) is 6.92 Å². The van der Waals surface area contributed by atoms with Gasteiger partial charge in [0.05, 0.1) is 12.3 Å². The summed E-state index contributed by atoms with van der Waals surface area (Å²) in [4.78, 5) is 34.0. The molecule has 0 bridgehead atoms. The molecule has 1 N–H and O–H groups in total. The van der Waals surface area contributed by atoms with Crippen LogP contribution in [-0.4, -0.2) is 34.0 Å². The van der Waals surface area contributed by atoms with E-state index in [1.807, 2.05) is 0 Å². The Balaban J connectivity index is 3.14. The number of ketones is 1. The molecule has 18 heavy (non-hydrogen) atoms. The van der Waals surface area contributed by atoms with Crippen LogP contribution in [0.25, 0.3) is 0 Å². The monoisotopic (exact) mass is 253 g/mol. The number of aromatic nitrogens is 2. The van der Waals surface area contributed by atoms with E-state index in [9.17, 15) is 14.4 Å². The van der Waals surface area contributed by atoms with E-state index in [1.54, 1.807) is 20.9 Å². The number of esters is 1. The maximum atomic E-state index is 11.7. The van der Waals surface area contributed by atoms with Crippen molar-refractivity contribution in [3.63, 3.8) is 0 Å². The largest absolute Gasteiger partial charge is 0.462 e. The number of amides is 1. The average Bonchev–Trinajstić information content (AvgIpc) is 2.54. The van der Waals surface area contributed by atoms with Gasteiger partial charge in [-0.25, -0.2) is 4.79 Å². The van der Waals surface area contributed by atoms with E-state index in [1.165, 1.54) is 4.68 Å². The van der Waals surface area contributed by atoms with Crippen molar-refractivity contribution >= 4 is 23.5 Å². The molecule has 1 rings (SSSR count). The summed E-state index contributed by atoms with van der Waals surface area (Å²) in [5.74, 6) is -1.87. The summed E-state index contributed by atoms with van der Waals surface area (Å²) in [5, 5.41) is 6.37. The second kappa shape index (κ2) is 5.44. The lowest BCUT2D eigenvalue weighted by Gasteiger charge is -2.06. The fraction of sp³-hybridized carbons (Fsp3) is 0.455. The van der Waals surface area contributed by atoms with Gasteiger partial charge in [0.25, 0.3) is 5.91 Å². The number of hydrogen-bond donors (Lipinski definition) is 1. The van der Waals surface area contributed by atoms with Crippen LogP contribution in [0.15, 0.2) is 0 Å². The third kappa shape index (κ3) is 2.73. The fourth-order valence-electron chi connectivity index (χ4n) is 1.44. The van der Waals surface area contributed by atoms with E-state index in [4.69, 9.17) is 4.74 Å². The highest BCUT2D eigenvalue weighted by atomic mass is 16.5. The molecule has 0 aromatic carbocycles. The molecule has 98 valence electrons. The van der Waals surface area contributed by atoms with Crippen LogP contribution in [-0.2, 0) is 21.4 Å². The Morgan fingerprint density at radius 2 is 2.00 bits per heavy atom. The zero-order chi connectivity index (χ0) is 13.9. The molecule has 1 heterocycles. The molecule has 0 atom stereocenters. The molecule has 0 radical (unpaired) electrons. The number of anilines is 1. The molecule has 0 spiro atoms. The highest BCUT2D eigenvalue weighted by Crippen LogP contribution is 2.19. The second-order valence-electron chi connectivity index (χ2n) is 3.66. The fourth-order valence-corrected chi connectivity index (χ4v) is 1.44. The van der Waals surface area contributed by atoms with E-state index in [0.29, 0.717) is 5.69 Å². The zero-order valence-electron chi connectivity index (χ0n) is 10.7. The lowest BCUT2D eigenvalue weighted by atomic mass is 10.2. The molecule has 0 aliphatic carbocycles. The Labute approximate surface area is 104 Å². The lowest BCUT2D eigenvalue weighted by molar-refractivity contribution is -0.133. The number of rotatable bonds is 4. The van der Waals surface area contributed by atoms with E-state index in [-0.39, 0.29) is 18.0 Å². The normalized spacial score (nSPS) is 10.0. The molecule has 0 aliphatic heterocycles. The molecular weight excluding hydrogens is 238 g/mol. The Hall–Kier alpha value is -2.18. The van der Waals surface area contributed by atoms with Crippen molar-refractivity contribution in [1.82, 2.24) is 9.78 Å². The van der Waals surface area contributed by atoms with Gasteiger partial charge in [0.1, 0.15) is 11.4 Å². The van der Waals surface area contributed by atoms with Gasteiger partial charge in [0, 0.05) is 14.0 Å². The van der Waals surface area contributed by atoms with E-state index in [2.05, 4.69) is 10.4 Å². The number of Topliss-reactive ketones (excluding diaryl/α,β-unsaturated/α-hetero) is 1. The van der Waals surface area contributed by atoms with E-state index >= 15 is 0 Å². The molecule has 7 nitrogen and oxygen atoms in total. The number of nitrogens with zero attached hydrogens (tertiary/aromatic N) is 2. The smallest absolute Gasteiger partial charge is 0.343 e. The summed E-state index contributed by atoms with van der Waals surface area (Å²) in [6.45, 7) is 4.66. The van der Waals surface area contributed by atoms with Gasteiger partial charge in [-0.15, -0.1) is 0 Å². The predicted octanol–water partition coefficient (Wildman–Crippen LogP) is 0.433. The standard InChI is InChI=1S/C11H15N3O4/c1-5-18-11(17)8-6(2)13-14(4)9(8)12-10(16)7(3)15/h5H2,1-4H3,(H,12,16). The molecule has 0 saturated heterocycles. The summed E-state index contributed by atoms with van der Waals surface area (Å²) >= 11 is 0. The summed E-state index contributed by atoms with van der Waals surface area (Å²) in [5.41, 5.74) is 0.587. The van der Waals surface area contributed by atoms with Crippen molar-refractivity contribution in [3.8, 4) is 0 Å². The van der Waals surface area contributed by atoms with Gasteiger partial charge in [-0.3, -0.25) is 14.3 Å². The number of carbonyl (C=O) groups is 3. The summed E-state index contributed by atoms with van der Waals surface area (Å²) in [6, 6.07) is 0. The topological polar surface area (TPSA) is 90.3 Å². The van der Waals surface area contributed by atoms with Crippen molar-refractivity contribution in [3.05, 3.63) is 11.3 Å². The Bertz CT molecular complexity index is 505. The van der Waals surface area contributed by atoms with Gasteiger partial charge >= 0.3 is 5.97 Å². The molecule has 7 heteroatoms. The minimum atomic E-state index is -0.802. The van der Waals surface area contributed by atoms with Crippen molar-refractivity contribution < 1.29 is 19.1 Å². The molecule has 0 unspecified atom stereocenters. The molecule has 1 aromatic heterocycles. The molecule has 0 fully saturated rings. The maximum Gasteiger partial charge on any atom is 0.343 e. The van der Waals surface area contributed by atoms with Gasteiger partial charge in [-0.2, -0.15) is 5.10 Å². The lowest BCUT2D eigenvalue weighted by Crippen LogP contribution is -2.23. The number of hydrogen-bond acceptors (Lipinski definition) is 5. The third-order valence-electron chi connectivity index (χ3n) is 2.25. The summed E-state index contributed by atoms with van der Waals surface area (Å²) in [7, 11) is 1.56. The first-order valence-electron chi connectivity index (χ1n) is 5.41. The first-order valence-corrected chi connectivity index (χ1v) is 5.41. The minimum absolute atomic E-state index is 0.158. The van der Waals surface area contributed by atoms with Gasteiger partial charge in [-0.05, 0) is 13.8 Å². The molecule has 1 amide bonds. The highest BCUT2D eigenvalue weighted by Gasteiger charge is 2.23. The van der Waals surface area contributed by atoms with Crippen LogP contribution in [0.3, 0.4) is 0 Å². The predicted molar refractivity (Wildman–Crippen MR) is 63.2 cm³/mol. The van der Waals surface area contributed by atoms with Crippen molar-refractivity contribution in [1.29, 1.82) is 0 Å². The molecule has 1 aromatic rings. The van der Waals surface area contributed by atoms with Crippen LogP contribution in [0.5, 0.6) is 0 Å². The third-order valence-corrected chi connectivity index (χ3v) is 2.25. The minimum Gasteiger partial charge on any atom is -0.462 e. The maximum absolute atomic E-state index is 11.7. The van der Waals surface area contributed by atoms with Gasteiger partial charge in [0.2, 0.25) is 5.78 Å². The van der Waals surface area contributed by atoms with Crippen LogP contribution in [0.4, 0.5) is 5.82 Å². The number of aryl methyl sites for hydroxylation is 2. The van der Waals surface area contributed by atoms with E-state index < -0.39 is 17.7 Å². The number of carbonyl (C=O) groups excluding carboxylic acids is 3. The molecular formula is C11H15N3O4. The van der Waals surface area contributed by atoms with E-state index in [0.717, 1.165) is 6.92 Å². The van der Waals surface area contributed by atoms with Crippen LogP contribution < -0.4 is 5.32 Å². The van der Waals surface area contributed by atoms with Gasteiger partial charge in [-0.1, -0.05) is 0 Å². The average molecular weight is 253 g/mol. The van der Waals surface area contributed by atoms with Crippen molar-refractivity contribution in [2.75, 3.05) is 11.9 Å². The van der Waals surface area contributed by atoms with Crippen LogP contribution >= 0.6 is 0 Å². The molecule has 0 saturated carbocycles. The van der Waals surface area contributed by atoms with Crippen LogP contribution in [0.1, 0.15) is 29.9 Å². The number of nitrogens with one attached hydrogen (secondary N) is 1. The Kier molecular flexibility index (Phi) is 4.19. The first kappa shape index (κ1) is 13.9. The Morgan fingerprint density at radius 1 is 1.39 bits per heavy atom. The highest BCUT2D eigenvalue weighted by molar-refractivity contribution is 6.39. The van der Waals surface area contributed by atoms with Crippen molar-refractivity contribution in [2.24, 2.45) is 7.05 Å². The Morgan fingerprint density at radius 3 is 2.50 bits per heavy atom.